The van der Waals surface area contributed by atoms with Gasteiger partial charge in [-0.1, -0.05) is 0 Å². The Labute approximate surface area is 85.6 Å². The Kier molecular flexibility index (Phi) is 3.40. The summed E-state index contributed by atoms with van der Waals surface area (Å²) in [5.74, 6) is 1.85. The molecule has 1 saturated carbocycles. The van der Waals surface area contributed by atoms with Crippen molar-refractivity contribution in [2.24, 2.45) is 10.9 Å². The lowest BCUT2D eigenvalue weighted by Crippen LogP contribution is -2.30. The first-order chi connectivity index (χ1) is 6.84. The van der Waals surface area contributed by atoms with E-state index < -0.39 is 0 Å². The number of amidine groups is 1. The van der Waals surface area contributed by atoms with Crippen LogP contribution in [0.15, 0.2) is 4.99 Å². The molecule has 1 fully saturated rings. The molecule has 2 aliphatic rings. The third-order valence-electron chi connectivity index (χ3n) is 3.23. The maximum atomic E-state index is 9.38. The molecule has 1 aliphatic heterocycles. The van der Waals surface area contributed by atoms with Crippen LogP contribution in [-0.4, -0.2) is 30.1 Å². The summed E-state index contributed by atoms with van der Waals surface area (Å²) in [5.41, 5.74) is 0. The lowest BCUT2D eigenvalue weighted by atomic mass is 10.1. The number of hydrogen-bond donors (Lipinski definition) is 2. The van der Waals surface area contributed by atoms with Crippen molar-refractivity contribution in [3.63, 3.8) is 0 Å². The molecule has 2 rings (SSSR count). The zero-order valence-electron chi connectivity index (χ0n) is 8.71. The molecule has 3 heteroatoms. The van der Waals surface area contributed by atoms with Gasteiger partial charge in [-0.25, -0.2) is 0 Å². The minimum Gasteiger partial charge on any atom is -0.393 e. The van der Waals surface area contributed by atoms with Crippen LogP contribution in [0.2, 0.25) is 0 Å². The van der Waals surface area contributed by atoms with Crippen LogP contribution in [0.4, 0.5) is 0 Å². The summed E-state index contributed by atoms with van der Waals surface area (Å²) in [4.78, 5) is 4.45. The maximum Gasteiger partial charge on any atom is 0.0963 e. The lowest BCUT2D eigenvalue weighted by Gasteiger charge is -2.16. The second kappa shape index (κ2) is 4.78. The highest BCUT2D eigenvalue weighted by atomic mass is 16.3. The molecule has 14 heavy (non-hydrogen) atoms. The molecular formula is C11H20N2O. The van der Waals surface area contributed by atoms with Crippen molar-refractivity contribution in [3.8, 4) is 0 Å². The van der Waals surface area contributed by atoms with Gasteiger partial charge in [0, 0.05) is 19.5 Å². The minimum absolute atomic E-state index is 0.0462. The van der Waals surface area contributed by atoms with Gasteiger partial charge in [0.1, 0.15) is 0 Å². The van der Waals surface area contributed by atoms with E-state index in [1.807, 2.05) is 0 Å². The van der Waals surface area contributed by atoms with E-state index in [0.29, 0.717) is 5.92 Å². The van der Waals surface area contributed by atoms with Crippen LogP contribution >= 0.6 is 0 Å². The van der Waals surface area contributed by atoms with Crippen LogP contribution in [0, 0.1) is 5.92 Å². The highest BCUT2D eigenvalue weighted by Crippen LogP contribution is 2.24. The quantitative estimate of drug-likeness (QED) is 0.699. The van der Waals surface area contributed by atoms with E-state index in [2.05, 4.69) is 10.3 Å². The van der Waals surface area contributed by atoms with Crippen molar-refractivity contribution in [1.82, 2.24) is 5.32 Å². The van der Waals surface area contributed by atoms with Gasteiger partial charge in [-0.15, -0.1) is 0 Å². The molecule has 0 amide bonds. The first-order valence-electron chi connectivity index (χ1n) is 5.80. The van der Waals surface area contributed by atoms with E-state index in [4.69, 9.17) is 0 Å². The van der Waals surface area contributed by atoms with E-state index in [0.717, 1.165) is 32.4 Å². The molecular weight excluding hydrogens is 176 g/mol. The monoisotopic (exact) mass is 196 g/mol. The van der Waals surface area contributed by atoms with E-state index in [1.54, 1.807) is 0 Å². The van der Waals surface area contributed by atoms with Crippen LogP contribution in [0.1, 0.15) is 38.5 Å². The van der Waals surface area contributed by atoms with Gasteiger partial charge in [0.15, 0.2) is 0 Å². The third-order valence-corrected chi connectivity index (χ3v) is 3.23. The van der Waals surface area contributed by atoms with Gasteiger partial charge >= 0.3 is 0 Å². The predicted molar refractivity (Wildman–Crippen MR) is 57.5 cm³/mol. The Morgan fingerprint density at radius 2 is 2.29 bits per heavy atom. The molecule has 1 aliphatic carbocycles. The molecule has 80 valence electrons. The number of rotatable bonds is 2. The topological polar surface area (TPSA) is 44.6 Å². The molecule has 2 unspecified atom stereocenters. The molecule has 0 aromatic rings. The molecule has 0 bridgehead atoms. The first-order valence-corrected chi connectivity index (χ1v) is 5.80. The molecule has 3 nitrogen and oxygen atoms in total. The number of nitrogens with zero attached hydrogens (tertiary/aromatic N) is 1. The van der Waals surface area contributed by atoms with Gasteiger partial charge in [0.25, 0.3) is 0 Å². The number of hydrogen-bond acceptors (Lipinski definition) is 3. The van der Waals surface area contributed by atoms with Crippen molar-refractivity contribution < 1.29 is 5.11 Å². The Morgan fingerprint density at radius 3 is 2.93 bits per heavy atom. The third kappa shape index (κ3) is 2.71. The van der Waals surface area contributed by atoms with E-state index >= 15 is 0 Å². The zero-order valence-corrected chi connectivity index (χ0v) is 8.71. The molecule has 0 spiro atoms. The van der Waals surface area contributed by atoms with Crippen LogP contribution in [0.25, 0.3) is 0 Å². The maximum absolute atomic E-state index is 9.38. The van der Waals surface area contributed by atoms with Crippen molar-refractivity contribution in [3.05, 3.63) is 0 Å². The molecule has 2 atom stereocenters. The van der Waals surface area contributed by atoms with Crippen LogP contribution < -0.4 is 5.32 Å². The van der Waals surface area contributed by atoms with Crippen LogP contribution in [-0.2, 0) is 0 Å². The van der Waals surface area contributed by atoms with E-state index in [9.17, 15) is 5.11 Å². The number of aliphatic hydroxyl groups is 1. The van der Waals surface area contributed by atoms with Gasteiger partial charge in [0.2, 0.25) is 0 Å². The zero-order chi connectivity index (χ0) is 9.80. The van der Waals surface area contributed by atoms with Crippen molar-refractivity contribution in [2.45, 2.75) is 44.6 Å². The average molecular weight is 196 g/mol. The fourth-order valence-corrected chi connectivity index (χ4v) is 2.34. The van der Waals surface area contributed by atoms with Crippen molar-refractivity contribution in [1.29, 1.82) is 0 Å². The fraction of sp³-hybridized carbons (Fsp3) is 0.909. The van der Waals surface area contributed by atoms with Crippen molar-refractivity contribution in [2.75, 3.05) is 13.1 Å². The highest BCUT2D eigenvalue weighted by molar-refractivity contribution is 5.82. The Bertz CT molecular complexity index is 215. The summed E-state index contributed by atoms with van der Waals surface area (Å²) < 4.78 is 0. The largest absolute Gasteiger partial charge is 0.393 e. The molecule has 2 N–H and O–H groups in total. The Morgan fingerprint density at radius 1 is 1.36 bits per heavy atom. The van der Waals surface area contributed by atoms with Crippen LogP contribution in [0.3, 0.4) is 0 Å². The summed E-state index contributed by atoms with van der Waals surface area (Å²) in [7, 11) is 0. The van der Waals surface area contributed by atoms with Gasteiger partial charge in [-0.05, 0) is 38.0 Å². The first kappa shape index (κ1) is 9.97. The number of aliphatic imine (C=N–C) groups is 1. The average Bonchev–Trinajstić information content (AvgIpc) is 2.63. The van der Waals surface area contributed by atoms with Gasteiger partial charge in [-0.2, -0.15) is 0 Å². The highest BCUT2D eigenvalue weighted by Gasteiger charge is 2.22. The molecule has 0 aromatic carbocycles. The number of nitrogens with one attached hydrogen (secondary N) is 1. The second-order valence-electron chi connectivity index (χ2n) is 4.50. The van der Waals surface area contributed by atoms with E-state index in [-0.39, 0.29) is 6.10 Å². The van der Waals surface area contributed by atoms with E-state index in [1.165, 1.54) is 25.1 Å². The smallest absolute Gasteiger partial charge is 0.0963 e. The minimum atomic E-state index is -0.0462. The molecule has 0 saturated heterocycles. The Balaban J connectivity index is 1.69. The summed E-state index contributed by atoms with van der Waals surface area (Å²) in [6.07, 6.45) is 6.72. The standard InChI is InChI=1S/C11H20N2O/c14-10-5-4-9(7-10)8-13-11-3-1-2-6-12-11/h9-10,14H,1-8H2,(H,12,13). The summed E-state index contributed by atoms with van der Waals surface area (Å²) in [5, 5.41) is 12.8. The van der Waals surface area contributed by atoms with Crippen LogP contribution in [0.5, 0.6) is 0 Å². The summed E-state index contributed by atoms with van der Waals surface area (Å²) >= 11 is 0. The van der Waals surface area contributed by atoms with Crippen molar-refractivity contribution >= 4 is 5.84 Å². The SMILES string of the molecule is OC1CCC(CNC2=NCCCC2)C1. The van der Waals surface area contributed by atoms with Gasteiger partial charge in [0.05, 0.1) is 11.9 Å². The second-order valence-corrected chi connectivity index (χ2v) is 4.50. The number of aliphatic hydroxyl groups excluding tert-OH is 1. The molecule has 0 aromatic heterocycles. The summed E-state index contributed by atoms with van der Waals surface area (Å²) in [6, 6.07) is 0. The molecule has 0 radical (unpaired) electrons. The van der Waals surface area contributed by atoms with Gasteiger partial charge in [-0.3, -0.25) is 4.99 Å². The predicted octanol–water partition coefficient (Wildman–Crippen LogP) is 1.32. The lowest BCUT2D eigenvalue weighted by molar-refractivity contribution is 0.178. The summed E-state index contributed by atoms with van der Waals surface area (Å²) in [6.45, 7) is 2.01. The normalized spacial score (nSPS) is 32.8. The fourth-order valence-electron chi connectivity index (χ4n) is 2.34. The van der Waals surface area contributed by atoms with Gasteiger partial charge < -0.3 is 10.4 Å². The Hall–Kier alpha value is -0.570. The molecule has 1 heterocycles.